The molecular weight excluding hydrogens is 274 g/mol. The molecule has 1 amide bonds. The summed E-state index contributed by atoms with van der Waals surface area (Å²) in [5, 5.41) is 12.5. The molecule has 0 aliphatic heterocycles. The molecule has 6 nitrogen and oxygen atoms in total. The van der Waals surface area contributed by atoms with E-state index in [1.807, 2.05) is 0 Å². The number of carbonyl (C=O) groups excluding carboxylic acids is 2. The van der Waals surface area contributed by atoms with E-state index in [9.17, 15) is 14.7 Å². The van der Waals surface area contributed by atoms with E-state index in [4.69, 9.17) is 4.74 Å². The molecule has 0 aliphatic rings. The van der Waals surface area contributed by atoms with Crippen LogP contribution in [0.25, 0.3) is 0 Å². The fraction of sp³-hybridized carbons (Fsp3) is 0.467. The van der Waals surface area contributed by atoms with Gasteiger partial charge < -0.3 is 19.9 Å². The lowest BCUT2D eigenvalue weighted by atomic mass is 10.0. The quantitative estimate of drug-likeness (QED) is 0.827. The van der Waals surface area contributed by atoms with Crippen LogP contribution in [0.1, 0.15) is 32.4 Å². The van der Waals surface area contributed by atoms with E-state index in [2.05, 4.69) is 10.1 Å². The molecular formula is C15H21NO5. The van der Waals surface area contributed by atoms with Crippen molar-refractivity contribution >= 4 is 12.1 Å². The molecule has 1 aromatic rings. The second-order valence-electron chi connectivity index (χ2n) is 5.50. The molecule has 2 N–H and O–H groups in total. The number of rotatable bonds is 4. The first kappa shape index (κ1) is 17.0. The van der Waals surface area contributed by atoms with Crippen molar-refractivity contribution in [3.8, 4) is 0 Å². The van der Waals surface area contributed by atoms with Crippen LogP contribution in [0.2, 0.25) is 0 Å². The standard InChI is InChI=1S/C15H21NO5/c1-15(2,3)21-14(19)16-11(12(17)13(18)20-4)10-8-6-5-7-9-10/h5-9,11-12,17H,1-4H3,(H,16,19)/t11-,12?/m1/s1. The highest BCUT2D eigenvalue weighted by atomic mass is 16.6. The third-order valence-corrected chi connectivity index (χ3v) is 2.59. The highest BCUT2D eigenvalue weighted by molar-refractivity contribution is 5.77. The minimum Gasteiger partial charge on any atom is -0.467 e. The summed E-state index contributed by atoms with van der Waals surface area (Å²) in [6.45, 7) is 5.17. The molecule has 0 bridgehead atoms. The van der Waals surface area contributed by atoms with Crippen molar-refractivity contribution in [3.63, 3.8) is 0 Å². The van der Waals surface area contributed by atoms with E-state index in [0.717, 1.165) is 0 Å². The van der Waals surface area contributed by atoms with Gasteiger partial charge in [-0.15, -0.1) is 0 Å². The zero-order valence-electron chi connectivity index (χ0n) is 12.6. The van der Waals surface area contributed by atoms with E-state index < -0.39 is 29.8 Å². The zero-order valence-corrected chi connectivity index (χ0v) is 12.6. The van der Waals surface area contributed by atoms with E-state index in [1.165, 1.54) is 7.11 Å². The molecule has 21 heavy (non-hydrogen) atoms. The molecule has 1 unspecified atom stereocenters. The summed E-state index contributed by atoms with van der Waals surface area (Å²) in [6, 6.07) is 7.70. The first-order chi connectivity index (χ1) is 9.74. The average molecular weight is 295 g/mol. The van der Waals surface area contributed by atoms with Crippen molar-refractivity contribution in [2.24, 2.45) is 0 Å². The van der Waals surface area contributed by atoms with Gasteiger partial charge in [0.1, 0.15) is 5.60 Å². The Labute approximate surface area is 124 Å². The van der Waals surface area contributed by atoms with E-state index in [-0.39, 0.29) is 0 Å². The predicted octanol–water partition coefficient (Wildman–Crippen LogP) is 1.79. The number of alkyl carbamates (subject to hydrolysis) is 1. The summed E-state index contributed by atoms with van der Waals surface area (Å²) in [4.78, 5) is 23.4. The van der Waals surface area contributed by atoms with Gasteiger partial charge in [0.05, 0.1) is 13.2 Å². The minimum absolute atomic E-state index is 0.571. The number of aliphatic hydroxyl groups is 1. The lowest BCUT2D eigenvalue weighted by Crippen LogP contribution is -2.43. The van der Waals surface area contributed by atoms with Gasteiger partial charge in [-0.25, -0.2) is 9.59 Å². The third kappa shape index (κ3) is 5.43. The number of amides is 1. The van der Waals surface area contributed by atoms with Crippen molar-refractivity contribution < 1.29 is 24.2 Å². The molecule has 0 spiro atoms. The Bertz CT molecular complexity index is 481. The number of nitrogens with one attached hydrogen (secondary N) is 1. The van der Waals surface area contributed by atoms with E-state index >= 15 is 0 Å². The number of methoxy groups -OCH3 is 1. The van der Waals surface area contributed by atoms with Crippen LogP contribution in [0.5, 0.6) is 0 Å². The Morgan fingerprint density at radius 3 is 2.24 bits per heavy atom. The molecule has 0 fully saturated rings. The fourth-order valence-electron chi connectivity index (χ4n) is 1.70. The summed E-state index contributed by atoms with van der Waals surface area (Å²) in [7, 11) is 1.17. The Morgan fingerprint density at radius 1 is 1.19 bits per heavy atom. The SMILES string of the molecule is COC(=O)C(O)[C@H](NC(=O)OC(C)(C)C)c1ccccc1. The molecule has 2 atom stereocenters. The third-order valence-electron chi connectivity index (χ3n) is 2.59. The summed E-state index contributed by atoms with van der Waals surface area (Å²) in [5.41, 5.74) is -0.108. The number of carbonyl (C=O) groups is 2. The van der Waals surface area contributed by atoms with Gasteiger partial charge in [-0.3, -0.25) is 0 Å². The number of ether oxygens (including phenoxy) is 2. The van der Waals surface area contributed by atoms with Gasteiger partial charge in [-0.1, -0.05) is 30.3 Å². The molecule has 1 aromatic carbocycles. The smallest absolute Gasteiger partial charge is 0.408 e. The molecule has 1 rings (SSSR count). The molecule has 0 heterocycles. The maximum absolute atomic E-state index is 11.9. The van der Waals surface area contributed by atoms with Crippen LogP contribution < -0.4 is 5.32 Å². The summed E-state index contributed by atoms with van der Waals surface area (Å²) in [5.74, 6) is -0.833. The molecule has 0 saturated carbocycles. The Morgan fingerprint density at radius 2 is 1.76 bits per heavy atom. The normalized spacial score (nSPS) is 14.0. The largest absolute Gasteiger partial charge is 0.467 e. The van der Waals surface area contributed by atoms with Crippen molar-refractivity contribution in [1.29, 1.82) is 0 Å². The van der Waals surface area contributed by atoms with Gasteiger partial charge in [0, 0.05) is 0 Å². The maximum Gasteiger partial charge on any atom is 0.408 e. The van der Waals surface area contributed by atoms with Crippen LogP contribution >= 0.6 is 0 Å². The van der Waals surface area contributed by atoms with Crippen LogP contribution in [0.3, 0.4) is 0 Å². The van der Waals surface area contributed by atoms with E-state index in [0.29, 0.717) is 5.56 Å². The van der Waals surface area contributed by atoms with Crippen molar-refractivity contribution in [2.45, 2.75) is 38.5 Å². The summed E-state index contributed by atoms with van der Waals surface area (Å²) < 4.78 is 9.66. The van der Waals surface area contributed by atoms with Crippen LogP contribution in [0.15, 0.2) is 30.3 Å². The van der Waals surface area contributed by atoms with Crippen molar-refractivity contribution in [3.05, 3.63) is 35.9 Å². The van der Waals surface area contributed by atoms with Crippen LogP contribution in [-0.2, 0) is 14.3 Å². The number of benzene rings is 1. The van der Waals surface area contributed by atoms with Crippen molar-refractivity contribution in [1.82, 2.24) is 5.32 Å². The number of aliphatic hydroxyl groups excluding tert-OH is 1. The van der Waals surface area contributed by atoms with Gasteiger partial charge in [0.15, 0.2) is 6.10 Å². The molecule has 0 aliphatic carbocycles. The van der Waals surface area contributed by atoms with Gasteiger partial charge >= 0.3 is 12.1 Å². The topological polar surface area (TPSA) is 84.9 Å². The molecule has 0 saturated heterocycles. The van der Waals surface area contributed by atoms with Crippen LogP contribution in [0.4, 0.5) is 4.79 Å². The minimum atomic E-state index is -1.52. The highest BCUT2D eigenvalue weighted by Gasteiger charge is 2.31. The van der Waals surface area contributed by atoms with Crippen LogP contribution in [0, 0.1) is 0 Å². The predicted molar refractivity (Wildman–Crippen MR) is 76.6 cm³/mol. The van der Waals surface area contributed by atoms with Gasteiger partial charge in [0.25, 0.3) is 0 Å². The Balaban J connectivity index is 2.93. The number of esters is 1. The highest BCUT2D eigenvalue weighted by Crippen LogP contribution is 2.19. The van der Waals surface area contributed by atoms with Gasteiger partial charge in [-0.2, -0.15) is 0 Å². The second-order valence-corrected chi connectivity index (χ2v) is 5.50. The molecule has 6 heteroatoms. The first-order valence-electron chi connectivity index (χ1n) is 6.55. The lowest BCUT2D eigenvalue weighted by Gasteiger charge is -2.25. The maximum atomic E-state index is 11.9. The fourth-order valence-corrected chi connectivity index (χ4v) is 1.70. The Kier molecular flexibility index (Phi) is 5.72. The summed E-state index contributed by atoms with van der Waals surface area (Å²) in [6.07, 6.45) is -2.25. The number of hydrogen-bond acceptors (Lipinski definition) is 5. The molecule has 0 radical (unpaired) electrons. The first-order valence-corrected chi connectivity index (χ1v) is 6.55. The Hall–Kier alpha value is -2.08. The number of hydrogen-bond donors (Lipinski definition) is 2. The van der Waals surface area contributed by atoms with Gasteiger partial charge in [-0.05, 0) is 26.3 Å². The van der Waals surface area contributed by atoms with Crippen molar-refractivity contribution in [2.75, 3.05) is 7.11 Å². The van der Waals surface area contributed by atoms with Gasteiger partial charge in [0.2, 0.25) is 0 Å². The molecule has 0 aromatic heterocycles. The molecule has 116 valence electrons. The summed E-state index contributed by atoms with van der Waals surface area (Å²) >= 11 is 0. The van der Waals surface area contributed by atoms with E-state index in [1.54, 1.807) is 51.1 Å². The monoisotopic (exact) mass is 295 g/mol. The van der Waals surface area contributed by atoms with Crippen LogP contribution in [-0.4, -0.2) is 36.0 Å². The zero-order chi connectivity index (χ0) is 16.0. The average Bonchev–Trinajstić information content (AvgIpc) is 2.42. The lowest BCUT2D eigenvalue weighted by molar-refractivity contribution is -0.152. The second kappa shape index (κ2) is 7.08.